The van der Waals surface area contributed by atoms with E-state index in [0.29, 0.717) is 0 Å². The Morgan fingerprint density at radius 1 is 1.69 bits per heavy atom. The van der Waals surface area contributed by atoms with E-state index in [2.05, 4.69) is 10.4 Å². The summed E-state index contributed by atoms with van der Waals surface area (Å²) in [6.45, 7) is 0. The van der Waals surface area contributed by atoms with Gasteiger partial charge in [0.2, 0.25) is 15.9 Å². The van der Waals surface area contributed by atoms with Crippen LogP contribution in [0.1, 0.15) is 0 Å². The number of hydrogen-bond acceptors (Lipinski definition) is 5. The number of rotatable bonds is 4. The van der Waals surface area contributed by atoms with Crippen molar-refractivity contribution in [2.75, 3.05) is 17.3 Å². The monoisotopic (exact) mass is 264 g/mol. The van der Waals surface area contributed by atoms with Crippen LogP contribution in [0.15, 0.2) is 11.1 Å². The van der Waals surface area contributed by atoms with E-state index in [1.54, 1.807) is 13.3 Å². The van der Waals surface area contributed by atoms with Crippen LogP contribution in [0.4, 0.5) is 5.82 Å². The minimum absolute atomic E-state index is 0.0379. The molecule has 0 aliphatic rings. The molecule has 1 amide bonds. The quantitative estimate of drug-likeness (QED) is 0.753. The number of nitrogens with zero attached hydrogens (tertiary/aromatic N) is 2. The Morgan fingerprint density at radius 2 is 2.31 bits per heavy atom. The normalized spacial score (nSPS) is 11.4. The third-order valence-corrected chi connectivity index (χ3v) is 3.10. The fourth-order valence-corrected chi connectivity index (χ4v) is 2.06. The van der Waals surface area contributed by atoms with Gasteiger partial charge in [-0.1, -0.05) is 0 Å². The largest absolute Gasteiger partial charge is 0.307 e. The number of nitrogens with one attached hydrogen (secondary N) is 1. The summed E-state index contributed by atoms with van der Waals surface area (Å²) in [7, 11) is -2.34. The Balaban J connectivity index is 3.01. The maximum Gasteiger partial charge on any atom is 0.243 e. The van der Waals surface area contributed by atoms with E-state index in [0.717, 1.165) is 0 Å². The van der Waals surface area contributed by atoms with Gasteiger partial charge in [-0.05, 0) is 6.26 Å². The smallest absolute Gasteiger partial charge is 0.243 e. The van der Waals surface area contributed by atoms with Gasteiger partial charge in [0.05, 0.1) is 5.75 Å². The Labute approximate surface area is 97.4 Å². The highest BCUT2D eigenvalue weighted by Crippen LogP contribution is 2.17. The van der Waals surface area contributed by atoms with Gasteiger partial charge in [-0.15, -0.1) is 0 Å². The zero-order chi connectivity index (χ0) is 12.3. The lowest BCUT2D eigenvalue weighted by molar-refractivity contribution is -0.113. The van der Waals surface area contributed by atoms with Gasteiger partial charge in [-0.2, -0.15) is 16.9 Å². The van der Waals surface area contributed by atoms with E-state index in [1.165, 1.54) is 22.6 Å². The van der Waals surface area contributed by atoms with Gasteiger partial charge in [0.25, 0.3) is 0 Å². The van der Waals surface area contributed by atoms with Crippen molar-refractivity contribution in [1.82, 2.24) is 9.78 Å². The zero-order valence-corrected chi connectivity index (χ0v) is 10.4. The molecule has 0 atom stereocenters. The van der Waals surface area contributed by atoms with E-state index in [9.17, 15) is 13.2 Å². The highest BCUT2D eigenvalue weighted by atomic mass is 32.2. The van der Waals surface area contributed by atoms with Crippen LogP contribution in [0.2, 0.25) is 0 Å². The predicted molar refractivity (Wildman–Crippen MR) is 61.6 cm³/mol. The first-order valence-corrected chi connectivity index (χ1v) is 7.14. The van der Waals surface area contributed by atoms with Crippen LogP contribution >= 0.6 is 11.8 Å². The van der Waals surface area contributed by atoms with Crippen LogP contribution in [-0.2, 0) is 21.9 Å². The van der Waals surface area contributed by atoms with Gasteiger partial charge in [0, 0.05) is 13.2 Å². The molecule has 0 saturated carbocycles. The molecule has 1 heterocycles. The number of amides is 1. The average molecular weight is 264 g/mol. The minimum Gasteiger partial charge on any atom is -0.307 e. The van der Waals surface area contributed by atoms with Crippen molar-refractivity contribution in [2.45, 2.75) is 4.90 Å². The fraction of sp³-hybridized carbons (Fsp3) is 0.429. The number of aromatic nitrogens is 2. The molecule has 1 aromatic heterocycles. The standard InChI is InChI=1S/C7H12N4O3S2/c1-11-3-5(16(8,13)14)7(10-11)9-6(12)4-15-2/h3H,4H2,1-2H3,(H2,8,13,14)(H,9,10,12). The Kier molecular flexibility index (Phi) is 3.94. The molecular weight excluding hydrogens is 252 g/mol. The molecule has 0 fully saturated rings. The number of carbonyl (C=O) groups excluding carboxylic acids is 1. The van der Waals surface area contributed by atoms with Crippen LogP contribution in [0.3, 0.4) is 0 Å². The summed E-state index contributed by atoms with van der Waals surface area (Å²) < 4.78 is 23.6. The maximum absolute atomic E-state index is 11.3. The SMILES string of the molecule is CSCC(=O)Nc1nn(C)cc1S(N)(=O)=O. The molecule has 0 saturated heterocycles. The topological polar surface area (TPSA) is 107 Å². The number of primary sulfonamides is 1. The minimum atomic E-state index is -3.88. The summed E-state index contributed by atoms with van der Waals surface area (Å²) in [5.74, 6) is -0.138. The zero-order valence-electron chi connectivity index (χ0n) is 8.80. The lowest BCUT2D eigenvalue weighted by atomic mass is 10.6. The fourth-order valence-electron chi connectivity index (χ4n) is 1.06. The Bertz CT molecular complexity index is 494. The van der Waals surface area contributed by atoms with Crippen LogP contribution in [-0.4, -0.2) is 36.1 Å². The molecule has 7 nitrogen and oxygen atoms in total. The second-order valence-electron chi connectivity index (χ2n) is 3.04. The van der Waals surface area contributed by atoms with E-state index < -0.39 is 10.0 Å². The molecule has 9 heteroatoms. The van der Waals surface area contributed by atoms with Crippen molar-refractivity contribution >= 4 is 33.5 Å². The highest BCUT2D eigenvalue weighted by Gasteiger charge is 2.19. The number of carbonyl (C=O) groups is 1. The van der Waals surface area contributed by atoms with E-state index in [4.69, 9.17) is 5.14 Å². The lowest BCUT2D eigenvalue weighted by Gasteiger charge is -2.01. The summed E-state index contributed by atoms with van der Waals surface area (Å²) in [6, 6.07) is 0. The Morgan fingerprint density at radius 3 is 2.81 bits per heavy atom. The first-order valence-electron chi connectivity index (χ1n) is 4.20. The molecule has 0 aliphatic carbocycles. The average Bonchev–Trinajstić information content (AvgIpc) is 2.46. The number of thioether (sulfide) groups is 1. The third kappa shape index (κ3) is 3.22. The Hall–Kier alpha value is -1.06. The molecule has 1 aromatic rings. The number of anilines is 1. The van der Waals surface area contributed by atoms with Crippen LogP contribution in [0, 0.1) is 0 Å². The molecule has 0 radical (unpaired) electrons. The summed E-state index contributed by atoms with van der Waals surface area (Å²) in [5, 5.41) is 11.2. The maximum atomic E-state index is 11.3. The molecule has 0 aliphatic heterocycles. The molecule has 0 bridgehead atoms. The predicted octanol–water partition coefficient (Wildman–Crippen LogP) is -0.631. The number of aryl methyl sites for hydroxylation is 1. The van der Waals surface area contributed by atoms with Crippen LogP contribution in [0.25, 0.3) is 0 Å². The molecule has 3 N–H and O–H groups in total. The molecule has 90 valence electrons. The van der Waals surface area contributed by atoms with E-state index in [1.807, 2.05) is 0 Å². The highest BCUT2D eigenvalue weighted by molar-refractivity contribution is 7.99. The van der Waals surface area contributed by atoms with Crippen LogP contribution in [0.5, 0.6) is 0 Å². The van der Waals surface area contributed by atoms with Gasteiger partial charge < -0.3 is 5.32 Å². The first kappa shape index (κ1) is 13.0. The van der Waals surface area contributed by atoms with Gasteiger partial charge in [-0.25, -0.2) is 13.6 Å². The summed E-state index contributed by atoms with van der Waals surface area (Å²) in [4.78, 5) is 11.1. The summed E-state index contributed by atoms with van der Waals surface area (Å²) >= 11 is 1.32. The second kappa shape index (κ2) is 4.85. The van der Waals surface area contributed by atoms with Crippen molar-refractivity contribution < 1.29 is 13.2 Å². The molecular formula is C7H12N4O3S2. The molecule has 16 heavy (non-hydrogen) atoms. The first-order chi connectivity index (χ1) is 7.34. The summed E-state index contributed by atoms with van der Waals surface area (Å²) in [5.41, 5.74) is 0. The number of sulfonamides is 1. The molecule has 1 rings (SSSR count). The van der Waals surface area contributed by atoms with Crippen molar-refractivity contribution in [3.63, 3.8) is 0 Å². The van der Waals surface area contributed by atoms with E-state index >= 15 is 0 Å². The number of nitrogens with two attached hydrogens (primary N) is 1. The lowest BCUT2D eigenvalue weighted by Crippen LogP contribution is -2.18. The van der Waals surface area contributed by atoms with Gasteiger partial charge in [-0.3, -0.25) is 9.48 Å². The molecule has 0 aromatic carbocycles. The van der Waals surface area contributed by atoms with Crippen molar-refractivity contribution in [3.05, 3.63) is 6.20 Å². The van der Waals surface area contributed by atoms with Crippen molar-refractivity contribution in [1.29, 1.82) is 0 Å². The molecule has 0 spiro atoms. The second-order valence-corrected chi connectivity index (χ2v) is 5.44. The van der Waals surface area contributed by atoms with Gasteiger partial charge in [0.1, 0.15) is 4.90 Å². The van der Waals surface area contributed by atoms with Crippen molar-refractivity contribution in [3.8, 4) is 0 Å². The van der Waals surface area contributed by atoms with Gasteiger partial charge >= 0.3 is 0 Å². The number of hydrogen-bond donors (Lipinski definition) is 2. The molecule has 0 unspecified atom stereocenters. The van der Waals surface area contributed by atoms with Crippen LogP contribution < -0.4 is 10.5 Å². The third-order valence-electron chi connectivity index (χ3n) is 1.63. The van der Waals surface area contributed by atoms with E-state index in [-0.39, 0.29) is 22.4 Å². The summed E-state index contributed by atoms with van der Waals surface area (Å²) in [6.07, 6.45) is 3.00. The van der Waals surface area contributed by atoms with Crippen molar-refractivity contribution in [2.24, 2.45) is 12.2 Å². The van der Waals surface area contributed by atoms with Gasteiger partial charge in [0.15, 0.2) is 5.82 Å².